The first-order valence-corrected chi connectivity index (χ1v) is 8.94. The summed E-state index contributed by atoms with van der Waals surface area (Å²) in [5, 5.41) is -0.839. The molecule has 21 heavy (non-hydrogen) atoms. The van der Waals surface area contributed by atoms with Crippen LogP contribution in [-0.4, -0.2) is 36.9 Å². The first-order chi connectivity index (χ1) is 9.61. The Labute approximate surface area is 133 Å². The number of hydrogen-bond donors (Lipinski definition) is 0. The van der Waals surface area contributed by atoms with Gasteiger partial charge in [0.2, 0.25) is 0 Å². The number of likely N-dealkylation sites (tertiary alicyclic amines) is 1. The Morgan fingerprint density at radius 1 is 1.29 bits per heavy atom. The van der Waals surface area contributed by atoms with E-state index in [1.54, 1.807) is 32.9 Å². The second-order valence-electron chi connectivity index (χ2n) is 5.92. The van der Waals surface area contributed by atoms with Crippen molar-refractivity contribution in [3.05, 3.63) is 28.7 Å². The lowest BCUT2D eigenvalue weighted by atomic mass is 10.2. The first kappa shape index (κ1) is 16.3. The van der Waals surface area contributed by atoms with Gasteiger partial charge in [-0.1, -0.05) is 15.9 Å². The molecular weight excluding hydrogens is 358 g/mol. The van der Waals surface area contributed by atoms with Gasteiger partial charge in [0, 0.05) is 17.4 Å². The molecule has 1 aromatic carbocycles. The van der Waals surface area contributed by atoms with Gasteiger partial charge < -0.3 is 4.74 Å². The van der Waals surface area contributed by atoms with Crippen LogP contribution in [0.25, 0.3) is 0 Å². The third-order valence-corrected chi connectivity index (χ3v) is 5.76. The molecule has 0 saturated carbocycles. The molecule has 1 aliphatic rings. The number of ether oxygens (including phenoxy) is 1. The number of rotatable bonds is 2. The number of halogens is 1. The molecule has 116 valence electrons. The molecule has 1 aliphatic heterocycles. The van der Waals surface area contributed by atoms with Crippen LogP contribution in [0.4, 0.5) is 4.79 Å². The molecule has 5 nitrogen and oxygen atoms in total. The third-order valence-electron chi connectivity index (χ3n) is 3.09. The maximum absolute atomic E-state index is 12.5. The quantitative estimate of drug-likeness (QED) is 0.795. The minimum Gasteiger partial charge on any atom is -0.444 e. The molecule has 0 aromatic heterocycles. The monoisotopic (exact) mass is 375 g/mol. The van der Waals surface area contributed by atoms with Crippen molar-refractivity contribution in [2.45, 2.75) is 43.1 Å². The van der Waals surface area contributed by atoms with Crippen molar-refractivity contribution >= 4 is 31.9 Å². The Morgan fingerprint density at radius 2 is 1.86 bits per heavy atom. The highest BCUT2D eigenvalue weighted by Crippen LogP contribution is 2.30. The van der Waals surface area contributed by atoms with Crippen LogP contribution < -0.4 is 0 Å². The van der Waals surface area contributed by atoms with Crippen LogP contribution in [0.15, 0.2) is 33.6 Å². The number of carbonyl (C=O) groups is 1. The Bertz CT molecular complexity index is 634. The van der Waals surface area contributed by atoms with Gasteiger partial charge in [-0.25, -0.2) is 13.2 Å². The Morgan fingerprint density at radius 3 is 2.29 bits per heavy atom. The fourth-order valence-electron chi connectivity index (χ4n) is 2.00. The molecule has 1 saturated heterocycles. The molecule has 0 aliphatic carbocycles. The van der Waals surface area contributed by atoms with Gasteiger partial charge in [0.15, 0.2) is 9.84 Å². The average molecular weight is 376 g/mol. The van der Waals surface area contributed by atoms with E-state index in [9.17, 15) is 13.2 Å². The summed E-state index contributed by atoms with van der Waals surface area (Å²) in [6.07, 6.45) is -0.156. The summed E-state index contributed by atoms with van der Waals surface area (Å²) >= 11 is 3.27. The zero-order valence-corrected chi connectivity index (χ0v) is 14.6. The van der Waals surface area contributed by atoms with Crippen LogP contribution in [0.3, 0.4) is 0 Å². The van der Waals surface area contributed by atoms with Gasteiger partial charge in [0.1, 0.15) is 11.0 Å². The molecule has 0 spiro atoms. The van der Waals surface area contributed by atoms with Crippen LogP contribution in [-0.2, 0) is 14.6 Å². The largest absolute Gasteiger partial charge is 0.444 e. The summed E-state index contributed by atoms with van der Waals surface area (Å²) in [4.78, 5) is 13.5. The predicted octanol–water partition coefficient (Wildman–Crippen LogP) is 3.19. The molecule has 7 heteroatoms. The van der Waals surface area contributed by atoms with Gasteiger partial charge in [0.05, 0.1) is 4.90 Å². The molecule has 1 atom stereocenters. The van der Waals surface area contributed by atoms with Gasteiger partial charge >= 0.3 is 6.09 Å². The number of hydrogen-bond acceptors (Lipinski definition) is 4. The van der Waals surface area contributed by atoms with Gasteiger partial charge in [-0.05, 0) is 45.0 Å². The lowest BCUT2D eigenvalue weighted by Gasteiger charge is -2.40. The van der Waals surface area contributed by atoms with E-state index in [0.29, 0.717) is 13.0 Å². The standard InChI is InChI=1S/C14H18BrNO4S/c1-14(2,3)20-13(17)16-9-8-12(16)21(18,19)11-6-4-10(15)5-7-11/h4-7,12H,8-9H2,1-3H3. The fraction of sp³-hybridized carbons (Fsp3) is 0.500. The summed E-state index contributed by atoms with van der Waals surface area (Å²) < 4.78 is 31.1. The number of carbonyl (C=O) groups excluding carboxylic acids is 1. The van der Waals surface area contributed by atoms with Crippen molar-refractivity contribution < 1.29 is 17.9 Å². The maximum Gasteiger partial charge on any atom is 0.411 e. The van der Waals surface area contributed by atoms with Gasteiger partial charge in [-0.3, -0.25) is 4.90 Å². The number of sulfone groups is 1. The van der Waals surface area contributed by atoms with Gasteiger partial charge in [-0.15, -0.1) is 0 Å². The van der Waals surface area contributed by atoms with E-state index in [2.05, 4.69) is 15.9 Å². The number of amides is 1. The topological polar surface area (TPSA) is 63.7 Å². The van der Waals surface area contributed by atoms with Crippen LogP contribution in [0.2, 0.25) is 0 Å². The maximum atomic E-state index is 12.5. The molecule has 1 aromatic rings. The summed E-state index contributed by atoms with van der Waals surface area (Å²) in [6.45, 7) is 5.66. The second-order valence-corrected chi connectivity index (χ2v) is 8.94. The van der Waals surface area contributed by atoms with E-state index < -0.39 is 26.9 Å². The SMILES string of the molecule is CC(C)(C)OC(=O)N1CCC1S(=O)(=O)c1ccc(Br)cc1. The number of nitrogens with zero attached hydrogens (tertiary/aromatic N) is 1. The summed E-state index contributed by atoms with van der Waals surface area (Å²) in [5.74, 6) is 0. The Kier molecular flexibility index (Phi) is 4.35. The van der Waals surface area contributed by atoms with E-state index in [1.807, 2.05) is 0 Å². The predicted molar refractivity (Wildman–Crippen MR) is 82.7 cm³/mol. The Hall–Kier alpha value is -1.08. The minimum absolute atomic E-state index is 0.212. The number of benzene rings is 1. The molecule has 1 fully saturated rings. The molecule has 0 radical (unpaired) electrons. The van der Waals surface area contributed by atoms with Crippen LogP contribution in [0.1, 0.15) is 27.2 Å². The first-order valence-electron chi connectivity index (χ1n) is 6.60. The summed E-state index contributed by atoms with van der Waals surface area (Å²) in [5.41, 5.74) is -0.640. The highest BCUT2D eigenvalue weighted by molar-refractivity contribution is 9.10. The van der Waals surface area contributed by atoms with Crippen molar-refractivity contribution in [2.24, 2.45) is 0 Å². The van der Waals surface area contributed by atoms with Crippen molar-refractivity contribution in [2.75, 3.05) is 6.54 Å². The highest BCUT2D eigenvalue weighted by Gasteiger charge is 2.44. The molecule has 1 heterocycles. The van der Waals surface area contributed by atoms with E-state index in [1.165, 1.54) is 17.0 Å². The van der Waals surface area contributed by atoms with Gasteiger partial charge in [0.25, 0.3) is 0 Å². The minimum atomic E-state index is -3.56. The molecular formula is C14H18BrNO4S. The van der Waals surface area contributed by atoms with Crippen molar-refractivity contribution in [1.82, 2.24) is 4.90 Å². The zero-order valence-electron chi connectivity index (χ0n) is 12.2. The average Bonchev–Trinajstić information content (AvgIpc) is 2.24. The second kappa shape index (κ2) is 5.61. The Balaban J connectivity index is 2.18. The van der Waals surface area contributed by atoms with Crippen LogP contribution in [0.5, 0.6) is 0 Å². The molecule has 0 bridgehead atoms. The summed E-state index contributed by atoms with van der Waals surface area (Å²) in [6, 6.07) is 6.41. The van der Waals surface area contributed by atoms with Gasteiger partial charge in [-0.2, -0.15) is 0 Å². The zero-order chi connectivity index (χ0) is 15.8. The molecule has 2 rings (SSSR count). The highest BCUT2D eigenvalue weighted by atomic mass is 79.9. The van der Waals surface area contributed by atoms with E-state index in [-0.39, 0.29) is 4.90 Å². The van der Waals surface area contributed by atoms with E-state index >= 15 is 0 Å². The normalized spacial score (nSPS) is 19.0. The van der Waals surface area contributed by atoms with Crippen LogP contribution >= 0.6 is 15.9 Å². The summed E-state index contributed by atoms with van der Waals surface area (Å²) in [7, 11) is -3.56. The van der Waals surface area contributed by atoms with Crippen molar-refractivity contribution in [1.29, 1.82) is 0 Å². The molecule has 0 N–H and O–H groups in total. The fourth-order valence-corrected chi connectivity index (χ4v) is 4.03. The smallest absolute Gasteiger partial charge is 0.411 e. The third kappa shape index (κ3) is 3.58. The van der Waals surface area contributed by atoms with E-state index in [0.717, 1.165) is 4.47 Å². The van der Waals surface area contributed by atoms with Crippen molar-refractivity contribution in [3.8, 4) is 0 Å². The van der Waals surface area contributed by atoms with Crippen LogP contribution in [0, 0.1) is 0 Å². The molecule has 1 amide bonds. The lowest BCUT2D eigenvalue weighted by molar-refractivity contribution is 0.00715. The lowest BCUT2D eigenvalue weighted by Crippen LogP contribution is -2.56. The van der Waals surface area contributed by atoms with Crippen molar-refractivity contribution in [3.63, 3.8) is 0 Å². The molecule has 1 unspecified atom stereocenters. The van der Waals surface area contributed by atoms with E-state index in [4.69, 9.17) is 4.74 Å².